The van der Waals surface area contributed by atoms with Gasteiger partial charge in [0.25, 0.3) is 0 Å². The molecule has 0 fully saturated rings. The summed E-state index contributed by atoms with van der Waals surface area (Å²) in [5.41, 5.74) is 5.41. The molecule has 3 nitrogen and oxygen atoms in total. The molecular weight excluding hydrogens is 522 g/mol. The van der Waals surface area contributed by atoms with E-state index in [-0.39, 0.29) is 28.3 Å². The second-order valence-corrected chi connectivity index (χ2v) is 9.96. The van der Waals surface area contributed by atoms with E-state index < -0.39 is 60.4 Å². The number of benzene rings is 6. The number of hydrogen-bond donors (Lipinski definition) is 0. The zero-order valence-corrected chi connectivity index (χ0v) is 22.7. The van der Waals surface area contributed by atoms with Crippen LogP contribution in [0.3, 0.4) is 0 Å². The van der Waals surface area contributed by atoms with E-state index in [4.69, 9.17) is 13.7 Å². The van der Waals surface area contributed by atoms with E-state index >= 15 is 0 Å². The Morgan fingerprint density at radius 2 is 1.02 bits per heavy atom. The molecule has 3 heteroatoms. The molecule has 0 N–H and O–H groups in total. The topological polar surface area (TPSA) is 30.7 Å². The lowest BCUT2D eigenvalue weighted by molar-refractivity contribution is 1.18. The Balaban J connectivity index is 1.28. The molecule has 0 aliphatic rings. The molecule has 43 heavy (non-hydrogen) atoms. The highest BCUT2D eigenvalue weighted by atomic mass is 15.0. The van der Waals surface area contributed by atoms with Crippen molar-refractivity contribution in [3.8, 4) is 50.7 Å². The van der Waals surface area contributed by atoms with Crippen molar-refractivity contribution in [2.75, 3.05) is 0 Å². The van der Waals surface area contributed by atoms with Crippen LogP contribution < -0.4 is 0 Å². The molecular formula is C40H27N3. The number of fused-ring (bicyclic) bond motifs is 3. The molecule has 0 atom stereocenters. The molecule has 0 unspecified atom stereocenters. The summed E-state index contributed by atoms with van der Waals surface area (Å²) in [6.45, 7) is 0. The second kappa shape index (κ2) is 10.6. The zero-order valence-electron chi connectivity index (χ0n) is 32.7. The van der Waals surface area contributed by atoms with Gasteiger partial charge in [0.15, 0.2) is 5.82 Å². The maximum atomic E-state index is 8.59. The summed E-state index contributed by atoms with van der Waals surface area (Å²) in [5.74, 6) is -0.245. The molecule has 2 aromatic heterocycles. The van der Waals surface area contributed by atoms with Crippen molar-refractivity contribution < 1.29 is 13.7 Å². The quantitative estimate of drug-likeness (QED) is 0.210. The fourth-order valence-electron chi connectivity index (χ4n) is 5.42. The van der Waals surface area contributed by atoms with Crippen molar-refractivity contribution >= 4 is 21.8 Å². The summed E-state index contributed by atoms with van der Waals surface area (Å²) in [6, 6.07) is 28.3. The highest BCUT2D eigenvalue weighted by Gasteiger charge is 2.14. The van der Waals surface area contributed by atoms with Crippen molar-refractivity contribution in [2.45, 2.75) is 0 Å². The van der Waals surface area contributed by atoms with Crippen LogP contribution in [0, 0.1) is 0 Å². The van der Waals surface area contributed by atoms with Gasteiger partial charge in [0.05, 0.1) is 36.1 Å². The van der Waals surface area contributed by atoms with Crippen LogP contribution in [0.4, 0.5) is 0 Å². The van der Waals surface area contributed by atoms with Crippen LogP contribution in [0.15, 0.2) is 164 Å². The van der Waals surface area contributed by atoms with Gasteiger partial charge >= 0.3 is 0 Å². The molecule has 0 amide bonds. The average Bonchev–Trinajstić information content (AvgIpc) is 3.52. The minimum Gasteiger partial charge on any atom is -0.309 e. The van der Waals surface area contributed by atoms with Crippen molar-refractivity contribution in [3.05, 3.63) is 164 Å². The first-order valence-corrected chi connectivity index (χ1v) is 13.7. The Morgan fingerprint density at radius 1 is 0.442 bits per heavy atom. The molecule has 0 spiro atoms. The molecule has 0 aliphatic carbocycles. The third-order valence-corrected chi connectivity index (χ3v) is 7.41. The van der Waals surface area contributed by atoms with E-state index in [0.29, 0.717) is 5.56 Å². The van der Waals surface area contributed by atoms with Gasteiger partial charge in [-0.15, -0.1) is 0 Å². The van der Waals surface area contributed by atoms with Gasteiger partial charge in [-0.25, -0.2) is 9.97 Å². The number of hydrogen-bond acceptors (Lipinski definition) is 2. The molecule has 0 saturated heterocycles. The van der Waals surface area contributed by atoms with E-state index in [1.165, 1.54) is 6.07 Å². The summed E-state index contributed by atoms with van der Waals surface area (Å²) in [6.07, 6.45) is 0. The van der Waals surface area contributed by atoms with Crippen LogP contribution in [0.5, 0.6) is 0 Å². The van der Waals surface area contributed by atoms with Gasteiger partial charge in [-0.1, -0.05) is 127 Å². The summed E-state index contributed by atoms with van der Waals surface area (Å²) in [7, 11) is 0. The minimum atomic E-state index is -0.579. The lowest BCUT2D eigenvalue weighted by atomic mass is 10.00. The van der Waals surface area contributed by atoms with Crippen LogP contribution in [0.2, 0.25) is 0 Å². The third kappa shape index (κ3) is 4.58. The normalized spacial score (nSPS) is 14.5. The molecule has 6 aromatic carbocycles. The van der Waals surface area contributed by atoms with Crippen molar-refractivity contribution in [2.24, 2.45) is 0 Å². The first-order valence-electron chi connectivity index (χ1n) is 18.7. The number of rotatable bonds is 5. The molecule has 2 heterocycles. The first-order chi connectivity index (χ1) is 25.5. The largest absolute Gasteiger partial charge is 0.309 e. The Bertz CT molecular complexity index is 2640. The Labute approximate surface area is 264 Å². The SMILES string of the molecule is [2H]c1c([2H])c([2H])c(-c2cc(-c3ccc(-c4ccc5c(c4)c4ccccc4n5-c4ccccc4)cc3)nc(-c3c([2H])c([2H])c([2H])c([2H])c3[2H])n2)c([2H])c1[2H]. The maximum absolute atomic E-state index is 8.59. The smallest absolute Gasteiger partial charge is 0.160 e. The van der Waals surface area contributed by atoms with E-state index in [0.717, 1.165) is 38.6 Å². The Kier molecular flexibility index (Phi) is 4.07. The van der Waals surface area contributed by atoms with Crippen LogP contribution in [0.25, 0.3) is 72.5 Å². The highest BCUT2D eigenvalue weighted by Crippen LogP contribution is 2.35. The van der Waals surface area contributed by atoms with Crippen molar-refractivity contribution in [1.82, 2.24) is 14.5 Å². The first kappa shape index (κ1) is 16.6. The Morgan fingerprint density at radius 3 is 1.77 bits per heavy atom. The molecule has 0 radical (unpaired) electrons. The van der Waals surface area contributed by atoms with Gasteiger partial charge in [0.1, 0.15) is 0 Å². The van der Waals surface area contributed by atoms with Crippen molar-refractivity contribution in [3.63, 3.8) is 0 Å². The average molecular weight is 560 g/mol. The molecule has 0 aliphatic heterocycles. The van der Waals surface area contributed by atoms with Crippen LogP contribution in [-0.4, -0.2) is 14.5 Å². The standard InChI is InChI=1S/C40H27N3/c1-4-12-29(13-5-1)36-27-37(42-40(41-36)31-14-6-2-7-15-31)30-22-20-28(21-23-30)32-24-25-39-35(26-32)34-18-10-11-19-38(34)43(39)33-16-8-3-9-17-33/h1-27H/i1D,2D,4D,5D,6D,7D,12D,13D,14D,15D. The van der Waals surface area contributed by atoms with E-state index in [1.54, 1.807) is 0 Å². The molecule has 0 saturated carbocycles. The van der Waals surface area contributed by atoms with E-state index in [1.807, 2.05) is 54.6 Å². The lowest BCUT2D eigenvalue weighted by Gasteiger charge is -2.10. The maximum Gasteiger partial charge on any atom is 0.160 e. The predicted molar refractivity (Wildman–Crippen MR) is 178 cm³/mol. The van der Waals surface area contributed by atoms with E-state index in [9.17, 15) is 0 Å². The summed E-state index contributed by atoms with van der Waals surface area (Å²) in [4.78, 5) is 9.09. The van der Waals surface area contributed by atoms with Gasteiger partial charge in [-0.3, -0.25) is 0 Å². The fraction of sp³-hybridized carbons (Fsp3) is 0. The lowest BCUT2D eigenvalue weighted by Crippen LogP contribution is -1.95. The second-order valence-electron chi connectivity index (χ2n) is 9.96. The molecule has 0 bridgehead atoms. The Hall–Kier alpha value is -5.80. The van der Waals surface area contributed by atoms with E-state index in [2.05, 4.69) is 57.0 Å². The fourth-order valence-corrected chi connectivity index (χ4v) is 5.42. The van der Waals surface area contributed by atoms with Gasteiger partial charge in [0, 0.05) is 33.2 Å². The molecule has 202 valence electrons. The van der Waals surface area contributed by atoms with Gasteiger partial charge in [-0.2, -0.15) is 0 Å². The minimum absolute atomic E-state index is 0.0573. The summed E-state index contributed by atoms with van der Waals surface area (Å²) >= 11 is 0. The van der Waals surface area contributed by atoms with Crippen LogP contribution in [0.1, 0.15) is 13.7 Å². The van der Waals surface area contributed by atoms with Gasteiger partial charge < -0.3 is 4.57 Å². The number of aromatic nitrogens is 3. The molecule has 8 aromatic rings. The predicted octanol–water partition coefficient (Wildman–Crippen LogP) is 10.2. The van der Waals surface area contributed by atoms with Crippen molar-refractivity contribution in [1.29, 1.82) is 0 Å². The monoisotopic (exact) mass is 559 g/mol. The summed E-state index contributed by atoms with van der Waals surface area (Å²) < 4.78 is 85.6. The number of nitrogens with zero attached hydrogens (tertiary/aromatic N) is 3. The molecule has 8 rings (SSSR count). The summed E-state index contributed by atoms with van der Waals surface area (Å²) in [5, 5.41) is 2.21. The van der Waals surface area contributed by atoms with Gasteiger partial charge in [0.2, 0.25) is 0 Å². The van der Waals surface area contributed by atoms with Crippen LogP contribution in [-0.2, 0) is 0 Å². The number of para-hydroxylation sites is 2. The third-order valence-electron chi connectivity index (χ3n) is 7.41. The zero-order chi connectivity index (χ0) is 37.3. The van der Waals surface area contributed by atoms with Crippen LogP contribution >= 0.6 is 0 Å². The van der Waals surface area contributed by atoms with Gasteiger partial charge in [-0.05, 0) is 47.5 Å². The highest BCUT2D eigenvalue weighted by molar-refractivity contribution is 6.10.